The Morgan fingerprint density at radius 2 is 1.84 bits per heavy atom. The highest BCUT2D eigenvalue weighted by atomic mass is 16.5. The van der Waals surface area contributed by atoms with Gasteiger partial charge >= 0.3 is 5.97 Å². The van der Waals surface area contributed by atoms with Gasteiger partial charge < -0.3 is 15.2 Å². The minimum Gasteiger partial charge on any atom is -0.496 e. The lowest BCUT2D eigenvalue weighted by Crippen LogP contribution is -2.24. The quantitative estimate of drug-likeness (QED) is 0.597. The summed E-state index contributed by atoms with van der Waals surface area (Å²) in [5.41, 5.74) is 5.64. The smallest absolute Gasteiger partial charge is 0.341 e. The Kier molecular flexibility index (Phi) is 3.76. The fourth-order valence-electron chi connectivity index (χ4n) is 2.64. The summed E-state index contributed by atoms with van der Waals surface area (Å²) in [7, 11) is 2.58. The Hall–Kier alpha value is -3.62. The van der Waals surface area contributed by atoms with Crippen LogP contribution in [0.2, 0.25) is 0 Å². The standard InChI is InChI=1S/C16H13N3O6/c1-24-10-5-7(3-4-8(10)16(23)25-2)19-11(20)6-9-12(13(19)17)15(22)18-14(9)21/h3-6H,17H2,1-2H3,(H,18,21,22). The van der Waals surface area contributed by atoms with Crippen molar-refractivity contribution in [2.75, 3.05) is 20.0 Å². The van der Waals surface area contributed by atoms with Crippen LogP contribution in [0.5, 0.6) is 5.75 Å². The van der Waals surface area contributed by atoms with Crippen LogP contribution in [-0.2, 0) is 4.74 Å². The molecule has 9 heteroatoms. The highest BCUT2D eigenvalue weighted by Crippen LogP contribution is 2.27. The first-order valence-corrected chi connectivity index (χ1v) is 7.07. The molecule has 0 bridgehead atoms. The van der Waals surface area contributed by atoms with Gasteiger partial charge in [0.25, 0.3) is 17.4 Å². The number of ether oxygens (including phenoxy) is 2. The second kappa shape index (κ2) is 5.78. The molecule has 0 unspecified atom stereocenters. The number of pyridine rings is 1. The largest absolute Gasteiger partial charge is 0.496 e. The van der Waals surface area contributed by atoms with Crippen LogP contribution in [0.3, 0.4) is 0 Å². The average molecular weight is 343 g/mol. The van der Waals surface area contributed by atoms with Crippen LogP contribution in [0.1, 0.15) is 31.1 Å². The number of imide groups is 1. The third-order valence-electron chi connectivity index (χ3n) is 3.80. The lowest BCUT2D eigenvalue weighted by molar-refractivity contribution is 0.0596. The summed E-state index contributed by atoms with van der Waals surface area (Å²) < 4.78 is 10.9. The number of nitrogen functional groups attached to an aromatic ring is 1. The van der Waals surface area contributed by atoms with Gasteiger partial charge in [0, 0.05) is 12.1 Å². The van der Waals surface area contributed by atoms with E-state index in [9.17, 15) is 19.2 Å². The van der Waals surface area contributed by atoms with Gasteiger partial charge in [-0.1, -0.05) is 0 Å². The number of carbonyl (C=O) groups is 3. The lowest BCUT2D eigenvalue weighted by Gasteiger charge is -2.14. The van der Waals surface area contributed by atoms with Gasteiger partial charge in [-0.25, -0.2) is 4.79 Å². The van der Waals surface area contributed by atoms with Crippen molar-refractivity contribution in [1.29, 1.82) is 0 Å². The molecule has 0 fully saturated rings. The summed E-state index contributed by atoms with van der Waals surface area (Å²) in [5.74, 6) is -1.97. The molecule has 3 N–H and O–H groups in total. The number of fused-ring (bicyclic) bond motifs is 1. The summed E-state index contributed by atoms with van der Waals surface area (Å²) in [6.45, 7) is 0. The maximum atomic E-state index is 12.4. The Morgan fingerprint density at radius 3 is 2.48 bits per heavy atom. The van der Waals surface area contributed by atoms with Crippen LogP contribution in [0.25, 0.3) is 5.69 Å². The number of rotatable bonds is 3. The van der Waals surface area contributed by atoms with E-state index in [1.54, 1.807) is 0 Å². The Balaban J connectivity index is 2.23. The van der Waals surface area contributed by atoms with E-state index in [1.807, 2.05) is 0 Å². The van der Waals surface area contributed by atoms with Gasteiger partial charge in [-0.3, -0.25) is 24.3 Å². The van der Waals surface area contributed by atoms with Crippen molar-refractivity contribution in [2.45, 2.75) is 0 Å². The molecule has 25 heavy (non-hydrogen) atoms. The molecule has 2 heterocycles. The van der Waals surface area contributed by atoms with E-state index in [4.69, 9.17) is 10.5 Å². The molecule has 128 valence electrons. The van der Waals surface area contributed by atoms with Crippen LogP contribution in [0.15, 0.2) is 29.1 Å². The first-order valence-electron chi connectivity index (χ1n) is 7.07. The first kappa shape index (κ1) is 16.2. The van der Waals surface area contributed by atoms with E-state index in [2.05, 4.69) is 10.1 Å². The van der Waals surface area contributed by atoms with Gasteiger partial charge in [0.05, 0.1) is 31.0 Å². The van der Waals surface area contributed by atoms with Crippen LogP contribution in [0.4, 0.5) is 5.82 Å². The predicted molar refractivity (Wildman–Crippen MR) is 86.1 cm³/mol. The number of carbonyl (C=O) groups excluding carboxylic acids is 3. The number of hydrogen-bond donors (Lipinski definition) is 2. The maximum absolute atomic E-state index is 12.4. The molecular weight excluding hydrogens is 330 g/mol. The molecule has 1 aromatic carbocycles. The van der Waals surface area contributed by atoms with E-state index < -0.39 is 23.3 Å². The number of aromatic nitrogens is 1. The Bertz CT molecular complexity index is 992. The zero-order valence-corrected chi connectivity index (χ0v) is 13.3. The number of methoxy groups -OCH3 is 2. The highest BCUT2D eigenvalue weighted by molar-refractivity contribution is 6.23. The third-order valence-corrected chi connectivity index (χ3v) is 3.80. The molecule has 9 nitrogen and oxygen atoms in total. The molecule has 1 aromatic heterocycles. The van der Waals surface area contributed by atoms with E-state index in [-0.39, 0.29) is 33.9 Å². The molecule has 1 aliphatic heterocycles. The molecule has 3 rings (SSSR count). The van der Waals surface area contributed by atoms with Crippen molar-refractivity contribution in [3.05, 3.63) is 51.3 Å². The van der Waals surface area contributed by atoms with Crippen molar-refractivity contribution >= 4 is 23.6 Å². The Morgan fingerprint density at radius 1 is 1.12 bits per heavy atom. The maximum Gasteiger partial charge on any atom is 0.341 e. The number of nitrogens with zero attached hydrogens (tertiary/aromatic N) is 1. The van der Waals surface area contributed by atoms with Gasteiger partial charge in [-0.2, -0.15) is 0 Å². The van der Waals surface area contributed by atoms with Crippen LogP contribution >= 0.6 is 0 Å². The number of hydrogen-bond acceptors (Lipinski definition) is 7. The Labute approximate surface area is 140 Å². The molecule has 2 amide bonds. The van der Waals surface area contributed by atoms with Crippen LogP contribution in [0, 0.1) is 0 Å². The van der Waals surface area contributed by atoms with E-state index in [0.717, 1.165) is 10.6 Å². The zero-order valence-electron chi connectivity index (χ0n) is 13.3. The molecule has 0 saturated carbocycles. The van der Waals surface area contributed by atoms with E-state index >= 15 is 0 Å². The summed E-state index contributed by atoms with van der Waals surface area (Å²) in [6, 6.07) is 5.30. The second-order valence-electron chi connectivity index (χ2n) is 5.15. The fourth-order valence-corrected chi connectivity index (χ4v) is 2.64. The SMILES string of the molecule is COC(=O)c1ccc(-n2c(N)c3c(cc2=O)C(=O)NC3=O)cc1OC. The molecule has 1 aliphatic rings. The monoisotopic (exact) mass is 343 g/mol. The van der Waals surface area contributed by atoms with E-state index in [1.165, 1.54) is 32.4 Å². The number of anilines is 1. The number of nitrogens with one attached hydrogen (secondary N) is 1. The minimum absolute atomic E-state index is 0.0677. The second-order valence-corrected chi connectivity index (χ2v) is 5.15. The van der Waals surface area contributed by atoms with Gasteiger partial charge in [0.2, 0.25) is 0 Å². The van der Waals surface area contributed by atoms with Crippen molar-refractivity contribution in [2.24, 2.45) is 0 Å². The number of esters is 1. The molecule has 0 saturated heterocycles. The highest BCUT2D eigenvalue weighted by Gasteiger charge is 2.32. The number of benzene rings is 1. The summed E-state index contributed by atoms with van der Waals surface area (Å²) in [5, 5.41) is 2.09. The minimum atomic E-state index is -0.676. The molecule has 0 atom stereocenters. The predicted octanol–water partition coefficient (Wildman–Crippen LogP) is 0.0985. The van der Waals surface area contributed by atoms with Crippen molar-refractivity contribution < 1.29 is 23.9 Å². The summed E-state index contributed by atoms with van der Waals surface area (Å²) >= 11 is 0. The topological polar surface area (TPSA) is 130 Å². The van der Waals surface area contributed by atoms with Crippen molar-refractivity contribution in [1.82, 2.24) is 9.88 Å². The van der Waals surface area contributed by atoms with Gasteiger partial charge in [0.15, 0.2) is 0 Å². The molecular formula is C16H13N3O6. The van der Waals surface area contributed by atoms with Gasteiger partial charge in [-0.05, 0) is 12.1 Å². The molecule has 0 spiro atoms. The average Bonchev–Trinajstić information content (AvgIpc) is 2.87. The lowest BCUT2D eigenvalue weighted by atomic mass is 10.1. The molecule has 2 aromatic rings. The zero-order chi connectivity index (χ0) is 18.3. The van der Waals surface area contributed by atoms with Crippen molar-refractivity contribution in [3.63, 3.8) is 0 Å². The molecule has 0 radical (unpaired) electrons. The van der Waals surface area contributed by atoms with Crippen molar-refractivity contribution in [3.8, 4) is 11.4 Å². The normalized spacial score (nSPS) is 12.6. The van der Waals surface area contributed by atoms with Crippen LogP contribution in [-0.4, -0.2) is 36.6 Å². The van der Waals surface area contributed by atoms with Gasteiger partial charge in [0.1, 0.15) is 17.1 Å². The summed E-state index contributed by atoms with van der Waals surface area (Å²) in [4.78, 5) is 47.7. The third kappa shape index (κ3) is 2.42. The van der Waals surface area contributed by atoms with Gasteiger partial charge in [-0.15, -0.1) is 0 Å². The summed E-state index contributed by atoms with van der Waals surface area (Å²) in [6.07, 6.45) is 0. The first-order chi connectivity index (χ1) is 11.9. The number of nitrogens with two attached hydrogens (primary N) is 1. The molecule has 0 aliphatic carbocycles. The number of amides is 2. The fraction of sp³-hybridized carbons (Fsp3) is 0.125. The van der Waals surface area contributed by atoms with Crippen LogP contribution < -0.4 is 21.3 Å². The van der Waals surface area contributed by atoms with E-state index in [0.29, 0.717) is 0 Å².